The standard InChI is InChI=1S/C32H20BrNS/c33-23-17-22(28-19-21-9-1-2-10-25(21)26-11-3-4-12-27(26)28)18-24(20-23)34-29-13-5-7-15-31(29)35-32-16-8-6-14-30(32)34/h1-20H. The third kappa shape index (κ3) is 3.46. The van der Waals surface area contributed by atoms with Crippen LogP contribution in [0.15, 0.2) is 136 Å². The summed E-state index contributed by atoms with van der Waals surface area (Å²) in [6.45, 7) is 0. The van der Waals surface area contributed by atoms with E-state index in [0.29, 0.717) is 0 Å². The van der Waals surface area contributed by atoms with E-state index in [1.54, 1.807) is 0 Å². The van der Waals surface area contributed by atoms with Gasteiger partial charge in [-0.05, 0) is 81.2 Å². The average molecular weight is 530 g/mol. The van der Waals surface area contributed by atoms with Crippen molar-refractivity contribution in [3.8, 4) is 11.1 Å². The maximum absolute atomic E-state index is 3.84. The van der Waals surface area contributed by atoms with Crippen molar-refractivity contribution < 1.29 is 0 Å². The Hall–Kier alpha value is -3.53. The Balaban J connectivity index is 1.49. The quantitative estimate of drug-likeness (QED) is 0.205. The van der Waals surface area contributed by atoms with Crippen molar-refractivity contribution in [1.29, 1.82) is 0 Å². The fraction of sp³-hybridized carbons (Fsp3) is 0. The van der Waals surface area contributed by atoms with Gasteiger partial charge in [-0.25, -0.2) is 0 Å². The first-order chi connectivity index (χ1) is 17.3. The molecule has 1 nitrogen and oxygen atoms in total. The second kappa shape index (κ2) is 8.30. The summed E-state index contributed by atoms with van der Waals surface area (Å²) >= 11 is 5.67. The molecule has 0 unspecified atom stereocenters. The highest BCUT2D eigenvalue weighted by Gasteiger charge is 2.25. The van der Waals surface area contributed by atoms with Crippen LogP contribution in [0.2, 0.25) is 0 Å². The molecular formula is C32H20BrNS. The second-order valence-corrected chi connectivity index (χ2v) is 10.8. The Morgan fingerprint density at radius 3 is 1.89 bits per heavy atom. The first-order valence-electron chi connectivity index (χ1n) is 11.6. The minimum atomic E-state index is 1.07. The molecule has 0 spiro atoms. The molecular weight excluding hydrogens is 510 g/mol. The second-order valence-electron chi connectivity index (χ2n) is 8.76. The van der Waals surface area contributed by atoms with Gasteiger partial charge in [0.2, 0.25) is 0 Å². The Morgan fingerprint density at radius 2 is 1.14 bits per heavy atom. The Morgan fingerprint density at radius 1 is 0.543 bits per heavy atom. The molecule has 7 rings (SSSR count). The maximum Gasteiger partial charge on any atom is 0.0601 e. The molecule has 6 aromatic carbocycles. The van der Waals surface area contributed by atoms with E-state index in [2.05, 4.69) is 142 Å². The smallest absolute Gasteiger partial charge is 0.0601 e. The van der Waals surface area contributed by atoms with Crippen molar-refractivity contribution in [2.24, 2.45) is 0 Å². The van der Waals surface area contributed by atoms with Crippen molar-refractivity contribution in [3.63, 3.8) is 0 Å². The van der Waals surface area contributed by atoms with Gasteiger partial charge in [0.05, 0.1) is 11.4 Å². The molecule has 0 bridgehead atoms. The van der Waals surface area contributed by atoms with Crippen LogP contribution in [0.5, 0.6) is 0 Å². The Labute approximate surface area is 217 Å². The molecule has 0 fully saturated rings. The third-order valence-corrected chi connectivity index (χ3v) is 8.24. The van der Waals surface area contributed by atoms with E-state index in [1.165, 1.54) is 53.8 Å². The molecule has 0 saturated carbocycles. The minimum Gasteiger partial charge on any atom is -0.308 e. The molecule has 1 aliphatic heterocycles. The van der Waals surface area contributed by atoms with Crippen LogP contribution < -0.4 is 4.90 Å². The van der Waals surface area contributed by atoms with Crippen molar-refractivity contribution in [2.45, 2.75) is 9.79 Å². The molecule has 35 heavy (non-hydrogen) atoms. The summed E-state index contributed by atoms with van der Waals surface area (Å²) in [5, 5.41) is 5.10. The van der Waals surface area contributed by atoms with E-state index >= 15 is 0 Å². The molecule has 1 aliphatic rings. The lowest BCUT2D eigenvalue weighted by molar-refractivity contribution is 1.16. The summed E-state index contributed by atoms with van der Waals surface area (Å²) in [6, 6.07) is 43.8. The van der Waals surface area contributed by atoms with Crippen LogP contribution in [0, 0.1) is 0 Å². The third-order valence-electron chi connectivity index (χ3n) is 6.65. The van der Waals surface area contributed by atoms with Gasteiger partial charge in [-0.3, -0.25) is 0 Å². The van der Waals surface area contributed by atoms with Crippen molar-refractivity contribution in [2.75, 3.05) is 4.90 Å². The van der Waals surface area contributed by atoms with E-state index in [9.17, 15) is 0 Å². The molecule has 0 aromatic heterocycles. The molecule has 0 saturated heterocycles. The minimum absolute atomic E-state index is 1.07. The summed E-state index contributed by atoms with van der Waals surface area (Å²) in [5.41, 5.74) is 6.01. The summed E-state index contributed by atoms with van der Waals surface area (Å²) in [6.07, 6.45) is 0. The van der Waals surface area contributed by atoms with Crippen LogP contribution >= 0.6 is 27.7 Å². The predicted molar refractivity (Wildman–Crippen MR) is 153 cm³/mol. The van der Waals surface area contributed by atoms with Gasteiger partial charge in [0.15, 0.2) is 0 Å². The first kappa shape index (κ1) is 20.8. The number of anilines is 3. The summed E-state index contributed by atoms with van der Waals surface area (Å²) in [5.74, 6) is 0. The van der Waals surface area contributed by atoms with Crippen molar-refractivity contribution in [3.05, 3.63) is 126 Å². The van der Waals surface area contributed by atoms with Gasteiger partial charge in [0.25, 0.3) is 0 Å². The van der Waals surface area contributed by atoms with Crippen LogP contribution in [0.25, 0.3) is 32.7 Å². The monoisotopic (exact) mass is 529 g/mol. The summed E-state index contributed by atoms with van der Waals surface area (Å²) in [7, 11) is 0. The van der Waals surface area contributed by atoms with E-state index in [1.807, 2.05) is 11.8 Å². The highest BCUT2D eigenvalue weighted by Crippen LogP contribution is 2.52. The van der Waals surface area contributed by atoms with Gasteiger partial charge >= 0.3 is 0 Å². The van der Waals surface area contributed by atoms with Crippen LogP contribution in [-0.2, 0) is 0 Å². The largest absolute Gasteiger partial charge is 0.308 e. The van der Waals surface area contributed by atoms with Crippen LogP contribution in [0.1, 0.15) is 0 Å². The lowest BCUT2D eigenvalue weighted by Gasteiger charge is -2.33. The predicted octanol–water partition coefficient (Wildman–Crippen LogP) is 10.4. The lowest BCUT2D eigenvalue weighted by Crippen LogP contribution is -2.14. The normalized spacial score (nSPS) is 12.5. The van der Waals surface area contributed by atoms with Gasteiger partial charge < -0.3 is 4.90 Å². The van der Waals surface area contributed by atoms with E-state index in [-0.39, 0.29) is 0 Å². The van der Waals surface area contributed by atoms with Gasteiger partial charge in [0.1, 0.15) is 0 Å². The number of rotatable bonds is 2. The fourth-order valence-electron chi connectivity index (χ4n) is 5.13. The summed E-state index contributed by atoms with van der Waals surface area (Å²) < 4.78 is 1.07. The van der Waals surface area contributed by atoms with E-state index in [0.717, 1.165) is 10.2 Å². The molecule has 6 aromatic rings. The zero-order chi connectivity index (χ0) is 23.4. The van der Waals surface area contributed by atoms with Crippen LogP contribution in [-0.4, -0.2) is 0 Å². The summed E-state index contributed by atoms with van der Waals surface area (Å²) in [4.78, 5) is 4.92. The van der Waals surface area contributed by atoms with Crippen LogP contribution in [0.4, 0.5) is 17.1 Å². The molecule has 0 radical (unpaired) electrons. The lowest BCUT2D eigenvalue weighted by atomic mass is 9.93. The van der Waals surface area contributed by atoms with Crippen molar-refractivity contribution >= 4 is 66.3 Å². The highest BCUT2D eigenvalue weighted by molar-refractivity contribution is 9.10. The first-order valence-corrected chi connectivity index (χ1v) is 13.2. The molecule has 0 aliphatic carbocycles. The molecule has 0 amide bonds. The van der Waals surface area contributed by atoms with Gasteiger partial charge in [-0.15, -0.1) is 0 Å². The highest BCUT2D eigenvalue weighted by atomic mass is 79.9. The maximum atomic E-state index is 3.84. The fourth-order valence-corrected chi connectivity index (χ4v) is 6.67. The number of para-hydroxylation sites is 2. The van der Waals surface area contributed by atoms with Gasteiger partial charge in [-0.1, -0.05) is 100 Å². The van der Waals surface area contributed by atoms with E-state index < -0.39 is 0 Å². The topological polar surface area (TPSA) is 3.24 Å². The van der Waals surface area contributed by atoms with Gasteiger partial charge in [0, 0.05) is 20.0 Å². The van der Waals surface area contributed by atoms with Crippen molar-refractivity contribution in [1.82, 2.24) is 0 Å². The van der Waals surface area contributed by atoms with E-state index in [4.69, 9.17) is 0 Å². The average Bonchev–Trinajstić information content (AvgIpc) is 2.91. The SMILES string of the molecule is Brc1cc(-c2cc3ccccc3c3ccccc23)cc(N2c3ccccc3Sc3ccccc32)c1. The number of halogens is 1. The molecule has 0 N–H and O–H groups in total. The zero-order valence-electron chi connectivity index (χ0n) is 18.8. The number of fused-ring (bicyclic) bond motifs is 5. The molecule has 3 heteroatoms. The zero-order valence-corrected chi connectivity index (χ0v) is 21.2. The van der Waals surface area contributed by atoms with Gasteiger partial charge in [-0.2, -0.15) is 0 Å². The Kier molecular flexibility index (Phi) is 4.93. The molecule has 1 heterocycles. The number of hydrogen-bond acceptors (Lipinski definition) is 2. The van der Waals surface area contributed by atoms with Crippen LogP contribution in [0.3, 0.4) is 0 Å². The number of benzene rings is 6. The molecule has 166 valence electrons. The molecule has 0 atom stereocenters. The number of nitrogens with zero attached hydrogens (tertiary/aromatic N) is 1. The Bertz CT molecular complexity index is 1710. The number of hydrogen-bond donors (Lipinski definition) is 0.